The zero-order valence-electron chi connectivity index (χ0n) is 6.19. The Morgan fingerprint density at radius 3 is 2.44 bits per heavy atom. The quantitative estimate of drug-likeness (QED) is 0.535. The van der Waals surface area contributed by atoms with Gasteiger partial charge in [0.1, 0.15) is 0 Å². The molecule has 0 aromatic carbocycles. The van der Waals surface area contributed by atoms with Crippen LogP contribution in [0.5, 0.6) is 0 Å². The van der Waals surface area contributed by atoms with Crippen molar-refractivity contribution in [3.05, 3.63) is 0 Å². The van der Waals surface area contributed by atoms with E-state index in [0.717, 1.165) is 8.58 Å². The molecule has 54 valence electrons. The van der Waals surface area contributed by atoms with Crippen LogP contribution in [0, 0.1) is 0 Å². The normalized spacial score (nSPS) is 23.7. The van der Waals surface area contributed by atoms with Crippen LogP contribution in [-0.2, 0) is 0 Å². The zero-order valence-corrected chi connectivity index (χ0v) is 7.19. The van der Waals surface area contributed by atoms with Gasteiger partial charge in [-0.2, -0.15) is 0 Å². The van der Waals surface area contributed by atoms with Crippen LogP contribution in [0.3, 0.4) is 0 Å². The molecule has 1 rings (SSSR count). The van der Waals surface area contributed by atoms with E-state index in [-0.39, 0.29) is 0 Å². The van der Waals surface area contributed by atoms with Crippen molar-refractivity contribution in [1.29, 1.82) is 0 Å². The first-order chi connectivity index (χ1) is 4.43. The topological polar surface area (TPSA) is 3.24 Å². The smallest absolute Gasteiger partial charge is 0.0152 e. The summed E-state index contributed by atoms with van der Waals surface area (Å²) in [5.74, 6) is 0. The molecule has 0 bridgehead atoms. The molecule has 2 heteroatoms. The van der Waals surface area contributed by atoms with Crippen molar-refractivity contribution in [3.8, 4) is 0 Å². The molecule has 1 heterocycles. The molecule has 1 saturated heterocycles. The second-order valence-electron chi connectivity index (χ2n) is 2.69. The monoisotopic (exact) mass is 145 g/mol. The fourth-order valence-corrected chi connectivity index (χ4v) is 2.10. The highest BCUT2D eigenvalue weighted by atomic mass is 31.1. The predicted molar refractivity (Wildman–Crippen MR) is 44.5 cm³/mol. The standard InChI is InChI=1S/C7H16NP/c1-9-7-8-5-3-2-4-6-8/h9H,2-7H2,1H3. The van der Waals surface area contributed by atoms with E-state index in [1.165, 1.54) is 38.6 Å². The number of hydrogen-bond donors (Lipinski definition) is 0. The van der Waals surface area contributed by atoms with Gasteiger partial charge in [0.15, 0.2) is 0 Å². The van der Waals surface area contributed by atoms with Crippen molar-refractivity contribution in [2.24, 2.45) is 0 Å². The van der Waals surface area contributed by atoms with Crippen LogP contribution in [0.25, 0.3) is 0 Å². The van der Waals surface area contributed by atoms with Gasteiger partial charge in [0.2, 0.25) is 0 Å². The largest absolute Gasteiger partial charge is 0.300 e. The van der Waals surface area contributed by atoms with Gasteiger partial charge in [0.25, 0.3) is 0 Å². The Labute approximate surface area is 59.6 Å². The highest BCUT2D eigenvalue weighted by molar-refractivity contribution is 7.36. The molecule has 0 aromatic rings. The van der Waals surface area contributed by atoms with Crippen molar-refractivity contribution in [2.75, 3.05) is 26.0 Å². The fourth-order valence-electron chi connectivity index (χ4n) is 1.34. The first-order valence-corrected chi connectivity index (χ1v) is 5.51. The van der Waals surface area contributed by atoms with Gasteiger partial charge in [0.05, 0.1) is 0 Å². The molecule has 0 saturated carbocycles. The van der Waals surface area contributed by atoms with E-state index < -0.39 is 0 Å². The summed E-state index contributed by atoms with van der Waals surface area (Å²) in [5, 5.41) is 0. The lowest BCUT2D eigenvalue weighted by Gasteiger charge is -2.25. The maximum Gasteiger partial charge on any atom is 0.0152 e. The van der Waals surface area contributed by atoms with Crippen molar-refractivity contribution in [1.82, 2.24) is 4.90 Å². The lowest BCUT2D eigenvalue weighted by molar-refractivity contribution is 0.265. The van der Waals surface area contributed by atoms with Gasteiger partial charge >= 0.3 is 0 Å². The van der Waals surface area contributed by atoms with E-state index in [1.807, 2.05) is 0 Å². The van der Waals surface area contributed by atoms with E-state index in [9.17, 15) is 0 Å². The third-order valence-corrected chi connectivity index (χ3v) is 2.59. The van der Waals surface area contributed by atoms with Crippen LogP contribution in [0.1, 0.15) is 19.3 Å². The zero-order chi connectivity index (χ0) is 6.53. The summed E-state index contributed by atoms with van der Waals surface area (Å²) in [4.78, 5) is 2.59. The summed E-state index contributed by atoms with van der Waals surface area (Å²) < 4.78 is 0. The molecule has 0 amide bonds. The highest BCUT2D eigenvalue weighted by Crippen LogP contribution is 2.13. The van der Waals surface area contributed by atoms with E-state index >= 15 is 0 Å². The van der Waals surface area contributed by atoms with Crippen molar-refractivity contribution in [2.45, 2.75) is 19.3 Å². The van der Waals surface area contributed by atoms with Gasteiger partial charge in [-0.05, 0) is 32.6 Å². The lowest BCUT2D eigenvalue weighted by atomic mass is 10.1. The molecule has 0 N–H and O–H groups in total. The summed E-state index contributed by atoms with van der Waals surface area (Å²) in [6, 6.07) is 0. The minimum atomic E-state index is 1.11. The summed E-state index contributed by atoms with van der Waals surface area (Å²) in [6.45, 7) is 5.01. The predicted octanol–water partition coefficient (Wildman–Crippen LogP) is 1.74. The number of rotatable bonds is 2. The molecule has 1 fully saturated rings. The van der Waals surface area contributed by atoms with Gasteiger partial charge in [-0.15, -0.1) is 8.58 Å². The van der Waals surface area contributed by atoms with Crippen LogP contribution < -0.4 is 0 Å². The maximum absolute atomic E-state index is 2.59. The Hall–Kier alpha value is 0.390. The van der Waals surface area contributed by atoms with Gasteiger partial charge in [-0.1, -0.05) is 6.42 Å². The molecule has 0 spiro atoms. The maximum atomic E-state index is 2.59. The molecule has 0 radical (unpaired) electrons. The Morgan fingerprint density at radius 2 is 1.89 bits per heavy atom. The summed E-state index contributed by atoms with van der Waals surface area (Å²) in [6.07, 6.45) is 5.68. The summed E-state index contributed by atoms with van der Waals surface area (Å²) in [5.41, 5.74) is 0. The number of hydrogen-bond acceptors (Lipinski definition) is 1. The Kier molecular flexibility index (Phi) is 3.54. The van der Waals surface area contributed by atoms with Gasteiger partial charge in [-0.25, -0.2) is 0 Å². The van der Waals surface area contributed by atoms with Crippen LogP contribution in [0.4, 0.5) is 0 Å². The fraction of sp³-hybridized carbons (Fsp3) is 1.00. The first kappa shape index (κ1) is 7.50. The van der Waals surface area contributed by atoms with Crippen LogP contribution >= 0.6 is 8.58 Å². The van der Waals surface area contributed by atoms with Crippen LogP contribution in [0.15, 0.2) is 0 Å². The van der Waals surface area contributed by atoms with Gasteiger partial charge < -0.3 is 0 Å². The Bertz CT molecular complexity index is 66.6. The van der Waals surface area contributed by atoms with Crippen molar-refractivity contribution >= 4 is 8.58 Å². The minimum Gasteiger partial charge on any atom is -0.300 e. The average molecular weight is 145 g/mol. The van der Waals surface area contributed by atoms with Gasteiger partial charge in [-0.3, -0.25) is 4.90 Å². The second-order valence-corrected chi connectivity index (χ2v) is 3.71. The molecule has 0 aromatic heterocycles. The van der Waals surface area contributed by atoms with Crippen LogP contribution in [0.2, 0.25) is 0 Å². The first-order valence-electron chi connectivity index (χ1n) is 3.80. The number of likely N-dealkylation sites (tertiary alicyclic amines) is 1. The molecule has 0 aliphatic carbocycles. The second kappa shape index (κ2) is 4.24. The molecular formula is C7H16NP. The number of nitrogens with zero attached hydrogens (tertiary/aromatic N) is 1. The molecule has 1 aliphatic rings. The molecule has 1 nitrogen and oxygen atoms in total. The lowest BCUT2D eigenvalue weighted by Crippen LogP contribution is -2.28. The SMILES string of the molecule is CPCN1CCCCC1. The highest BCUT2D eigenvalue weighted by Gasteiger charge is 2.07. The summed E-state index contributed by atoms with van der Waals surface area (Å²) >= 11 is 0. The molecule has 1 aliphatic heterocycles. The summed E-state index contributed by atoms with van der Waals surface area (Å²) in [7, 11) is 1.11. The Morgan fingerprint density at radius 1 is 1.22 bits per heavy atom. The molecule has 9 heavy (non-hydrogen) atoms. The average Bonchev–Trinajstić information content (AvgIpc) is 1.91. The third-order valence-electron chi connectivity index (χ3n) is 1.83. The van der Waals surface area contributed by atoms with E-state index in [2.05, 4.69) is 11.6 Å². The Balaban J connectivity index is 2.08. The van der Waals surface area contributed by atoms with E-state index in [0.29, 0.717) is 0 Å². The number of piperidine rings is 1. The molecular weight excluding hydrogens is 129 g/mol. The van der Waals surface area contributed by atoms with E-state index in [1.54, 1.807) is 0 Å². The van der Waals surface area contributed by atoms with Crippen molar-refractivity contribution < 1.29 is 0 Å². The molecule has 1 atom stereocenters. The van der Waals surface area contributed by atoms with Crippen molar-refractivity contribution in [3.63, 3.8) is 0 Å². The van der Waals surface area contributed by atoms with E-state index in [4.69, 9.17) is 0 Å². The molecule has 1 unspecified atom stereocenters. The van der Waals surface area contributed by atoms with Gasteiger partial charge in [0, 0.05) is 6.29 Å². The third kappa shape index (κ3) is 2.64. The van der Waals surface area contributed by atoms with Crippen LogP contribution in [-0.4, -0.2) is 30.9 Å². The minimum absolute atomic E-state index is 1.11.